The first-order valence-electron chi connectivity index (χ1n) is 6.94. The second kappa shape index (κ2) is 7.82. The maximum Gasteiger partial charge on any atom is 0.253 e. The number of aliphatic hydroxyl groups excluding tert-OH is 1. The van der Waals surface area contributed by atoms with Gasteiger partial charge in [0.25, 0.3) is 5.91 Å². The van der Waals surface area contributed by atoms with E-state index in [0.29, 0.717) is 29.5 Å². The molecular weight excluding hydrogens is 302 g/mol. The van der Waals surface area contributed by atoms with Crippen LogP contribution in [0.15, 0.2) is 48.5 Å². The number of hydrogen-bond acceptors (Lipinski definition) is 3. The van der Waals surface area contributed by atoms with Gasteiger partial charge in [0, 0.05) is 24.2 Å². The average molecular weight is 320 g/mol. The van der Waals surface area contributed by atoms with Gasteiger partial charge in [0.05, 0.1) is 6.61 Å². The standard InChI is InChI=1S/C17H18ClNO3/c1-19(9-10-20)17(21)14-3-2-4-16(11-14)22-12-13-5-7-15(18)8-6-13/h2-8,11,20H,9-10,12H2,1H3. The van der Waals surface area contributed by atoms with Crippen LogP contribution >= 0.6 is 11.6 Å². The molecular formula is C17H18ClNO3. The summed E-state index contributed by atoms with van der Waals surface area (Å²) < 4.78 is 5.70. The van der Waals surface area contributed by atoms with Gasteiger partial charge < -0.3 is 14.7 Å². The van der Waals surface area contributed by atoms with E-state index in [2.05, 4.69) is 0 Å². The number of benzene rings is 2. The summed E-state index contributed by atoms with van der Waals surface area (Å²) in [7, 11) is 1.65. The van der Waals surface area contributed by atoms with Crippen molar-refractivity contribution >= 4 is 17.5 Å². The Morgan fingerprint density at radius 2 is 1.95 bits per heavy atom. The molecule has 0 aliphatic carbocycles. The maximum atomic E-state index is 12.1. The van der Waals surface area contributed by atoms with Gasteiger partial charge in [-0.2, -0.15) is 0 Å². The summed E-state index contributed by atoms with van der Waals surface area (Å²) in [5, 5.41) is 9.57. The molecule has 1 amide bonds. The Kier molecular flexibility index (Phi) is 5.81. The maximum absolute atomic E-state index is 12.1. The number of carbonyl (C=O) groups is 1. The highest BCUT2D eigenvalue weighted by molar-refractivity contribution is 6.30. The van der Waals surface area contributed by atoms with Crippen LogP contribution in [-0.2, 0) is 6.61 Å². The lowest BCUT2D eigenvalue weighted by Crippen LogP contribution is -2.29. The van der Waals surface area contributed by atoms with Crippen LogP contribution < -0.4 is 4.74 Å². The summed E-state index contributed by atoms with van der Waals surface area (Å²) in [4.78, 5) is 13.6. The molecule has 0 aliphatic heterocycles. The normalized spacial score (nSPS) is 10.3. The van der Waals surface area contributed by atoms with Gasteiger partial charge >= 0.3 is 0 Å². The second-order valence-corrected chi connectivity index (χ2v) is 5.33. The molecule has 2 rings (SSSR count). The van der Waals surface area contributed by atoms with Gasteiger partial charge in [-0.25, -0.2) is 0 Å². The number of carbonyl (C=O) groups excluding carboxylic acids is 1. The Bertz CT molecular complexity index is 628. The number of nitrogens with zero attached hydrogens (tertiary/aromatic N) is 1. The molecule has 2 aromatic carbocycles. The van der Waals surface area contributed by atoms with Crippen LogP contribution in [0.2, 0.25) is 5.02 Å². The number of amides is 1. The summed E-state index contributed by atoms with van der Waals surface area (Å²) in [6.07, 6.45) is 0. The summed E-state index contributed by atoms with van der Waals surface area (Å²) in [6, 6.07) is 14.4. The average Bonchev–Trinajstić information content (AvgIpc) is 2.54. The van der Waals surface area contributed by atoms with E-state index in [1.165, 1.54) is 4.90 Å². The largest absolute Gasteiger partial charge is 0.489 e. The minimum absolute atomic E-state index is 0.0605. The zero-order valence-corrected chi connectivity index (χ0v) is 13.1. The zero-order chi connectivity index (χ0) is 15.9. The van der Waals surface area contributed by atoms with Crippen molar-refractivity contribution in [2.45, 2.75) is 6.61 Å². The van der Waals surface area contributed by atoms with Gasteiger partial charge in [-0.1, -0.05) is 29.8 Å². The molecule has 0 spiro atoms. The van der Waals surface area contributed by atoms with E-state index in [1.54, 1.807) is 31.3 Å². The number of hydrogen-bond donors (Lipinski definition) is 1. The van der Waals surface area contributed by atoms with Gasteiger partial charge in [0.1, 0.15) is 12.4 Å². The predicted molar refractivity (Wildman–Crippen MR) is 86.3 cm³/mol. The molecule has 116 valence electrons. The molecule has 22 heavy (non-hydrogen) atoms. The van der Waals surface area contributed by atoms with Crippen LogP contribution in [0.5, 0.6) is 5.75 Å². The molecule has 0 unspecified atom stereocenters. The molecule has 2 aromatic rings. The highest BCUT2D eigenvalue weighted by Crippen LogP contribution is 2.17. The first kappa shape index (κ1) is 16.3. The first-order chi connectivity index (χ1) is 10.6. The number of rotatable bonds is 6. The van der Waals surface area contributed by atoms with Gasteiger partial charge in [-0.15, -0.1) is 0 Å². The van der Waals surface area contributed by atoms with Crippen LogP contribution in [0.3, 0.4) is 0 Å². The third-order valence-corrected chi connectivity index (χ3v) is 3.43. The van der Waals surface area contributed by atoms with E-state index >= 15 is 0 Å². The Labute approximate surface area is 134 Å². The summed E-state index contributed by atoms with van der Waals surface area (Å²) in [6.45, 7) is 0.644. The van der Waals surface area contributed by atoms with E-state index in [0.717, 1.165) is 5.56 Å². The zero-order valence-electron chi connectivity index (χ0n) is 12.3. The van der Waals surface area contributed by atoms with Gasteiger partial charge in [-0.3, -0.25) is 4.79 Å². The van der Waals surface area contributed by atoms with E-state index in [9.17, 15) is 4.79 Å². The molecule has 4 nitrogen and oxygen atoms in total. The SMILES string of the molecule is CN(CCO)C(=O)c1cccc(OCc2ccc(Cl)cc2)c1. The van der Waals surface area contributed by atoms with Gasteiger partial charge in [0.15, 0.2) is 0 Å². The van der Waals surface area contributed by atoms with Crippen LogP contribution in [0, 0.1) is 0 Å². The van der Waals surface area contributed by atoms with Crippen molar-refractivity contribution in [1.82, 2.24) is 4.90 Å². The van der Waals surface area contributed by atoms with Crippen molar-refractivity contribution in [2.75, 3.05) is 20.2 Å². The van der Waals surface area contributed by atoms with Crippen LogP contribution in [0.25, 0.3) is 0 Å². The summed E-state index contributed by atoms with van der Waals surface area (Å²) >= 11 is 5.84. The van der Waals surface area contributed by atoms with Crippen LogP contribution in [0.1, 0.15) is 15.9 Å². The van der Waals surface area contributed by atoms with E-state index < -0.39 is 0 Å². The molecule has 0 atom stereocenters. The summed E-state index contributed by atoms with van der Waals surface area (Å²) in [5.41, 5.74) is 1.53. The molecule has 0 saturated carbocycles. The van der Waals surface area contributed by atoms with Crippen molar-refractivity contribution in [1.29, 1.82) is 0 Å². The molecule has 0 aromatic heterocycles. The fraction of sp³-hybridized carbons (Fsp3) is 0.235. The lowest BCUT2D eigenvalue weighted by atomic mass is 10.2. The van der Waals surface area contributed by atoms with Crippen molar-refractivity contribution < 1.29 is 14.6 Å². The number of aliphatic hydroxyl groups is 1. The topological polar surface area (TPSA) is 49.8 Å². The van der Waals surface area contributed by atoms with Crippen molar-refractivity contribution in [3.63, 3.8) is 0 Å². The molecule has 0 bridgehead atoms. The first-order valence-corrected chi connectivity index (χ1v) is 7.31. The van der Waals surface area contributed by atoms with Crippen molar-refractivity contribution in [3.8, 4) is 5.75 Å². The van der Waals surface area contributed by atoms with E-state index in [1.807, 2.05) is 24.3 Å². The molecule has 0 aliphatic rings. The predicted octanol–water partition coefficient (Wildman–Crippen LogP) is 2.98. The third kappa shape index (κ3) is 4.48. The molecule has 0 radical (unpaired) electrons. The minimum Gasteiger partial charge on any atom is -0.489 e. The summed E-state index contributed by atoms with van der Waals surface area (Å²) in [5.74, 6) is 0.476. The third-order valence-electron chi connectivity index (χ3n) is 3.18. The van der Waals surface area contributed by atoms with E-state index in [4.69, 9.17) is 21.4 Å². The Balaban J connectivity index is 2.02. The highest BCUT2D eigenvalue weighted by Gasteiger charge is 2.11. The van der Waals surface area contributed by atoms with Crippen LogP contribution in [-0.4, -0.2) is 36.1 Å². The van der Waals surface area contributed by atoms with E-state index in [-0.39, 0.29) is 12.5 Å². The Hall–Kier alpha value is -2.04. The smallest absolute Gasteiger partial charge is 0.253 e. The molecule has 5 heteroatoms. The molecule has 0 heterocycles. The molecule has 0 fully saturated rings. The van der Waals surface area contributed by atoms with Gasteiger partial charge in [-0.05, 0) is 35.9 Å². The lowest BCUT2D eigenvalue weighted by Gasteiger charge is -2.16. The monoisotopic (exact) mass is 319 g/mol. The van der Waals surface area contributed by atoms with Gasteiger partial charge in [0.2, 0.25) is 0 Å². The van der Waals surface area contributed by atoms with Crippen LogP contribution in [0.4, 0.5) is 0 Å². The van der Waals surface area contributed by atoms with Crippen molar-refractivity contribution in [3.05, 3.63) is 64.7 Å². The molecule has 0 saturated heterocycles. The number of halogens is 1. The molecule has 1 N–H and O–H groups in total. The fourth-order valence-electron chi connectivity index (χ4n) is 1.94. The highest BCUT2D eigenvalue weighted by atomic mass is 35.5. The number of likely N-dealkylation sites (N-methyl/N-ethyl adjacent to an activating group) is 1. The second-order valence-electron chi connectivity index (χ2n) is 4.89. The quantitative estimate of drug-likeness (QED) is 0.890. The Morgan fingerprint density at radius 3 is 2.64 bits per heavy atom. The lowest BCUT2D eigenvalue weighted by molar-refractivity contribution is 0.0766. The number of ether oxygens (including phenoxy) is 1. The van der Waals surface area contributed by atoms with Crippen molar-refractivity contribution in [2.24, 2.45) is 0 Å². The fourth-order valence-corrected chi connectivity index (χ4v) is 2.06. The Morgan fingerprint density at radius 1 is 1.23 bits per heavy atom. The minimum atomic E-state index is -0.147.